The Labute approximate surface area is 85.2 Å². The van der Waals surface area contributed by atoms with Gasteiger partial charge in [-0.1, -0.05) is 6.92 Å². The largest absolute Gasteiger partial charge is 0.329 e. The molecule has 0 aromatic heterocycles. The lowest BCUT2D eigenvalue weighted by Crippen LogP contribution is -2.64. The molecule has 13 heavy (non-hydrogen) atoms. The van der Waals surface area contributed by atoms with Gasteiger partial charge in [0.05, 0.1) is 5.54 Å². The number of rotatable bonds is 2. The second kappa shape index (κ2) is 3.79. The van der Waals surface area contributed by atoms with Crippen molar-refractivity contribution in [3.63, 3.8) is 0 Å². The van der Waals surface area contributed by atoms with E-state index in [2.05, 4.69) is 11.8 Å². The van der Waals surface area contributed by atoms with Crippen molar-refractivity contribution in [3.05, 3.63) is 0 Å². The second-order valence-electron chi connectivity index (χ2n) is 4.59. The predicted octanol–water partition coefficient (Wildman–Crippen LogP) is 1.16. The quantitative estimate of drug-likeness (QED) is 0.725. The average Bonchev–Trinajstić information content (AvgIpc) is 2.07. The highest BCUT2D eigenvalue weighted by Crippen LogP contribution is 2.36. The molecule has 2 N–H and O–H groups in total. The molecule has 76 valence electrons. The molecule has 0 spiro atoms. The smallest absolute Gasteiger partial charge is 0.0511 e. The summed E-state index contributed by atoms with van der Waals surface area (Å²) in [5.74, 6) is 3.45. The number of nitrogens with two attached hydrogens (primary N) is 1. The summed E-state index contributed by atoms with van der Waals surface area (Å²) in [6.07, 6.45) is 2.73. The zero-order chi connectivity index (χ0) is 9.31. The number of hydrogen-bond donors (Lipinski definition) is 1. The predicted molar refractivity (Wildman–Crippen MR) is 59.1 cm³/mol. The van der Waals surface area contributed by atoms with Crippen LogP contribution in [0.25, 0.3) is 0 Å². The summed E-state index contributed by atoms with van der Waals surface area (Å²) in [6, 6.07) is 0. The summed E-state index contributed by atoms with van der Waals surface area (Å²) in [6.45, 7) is 5.77. The fourth-order valence-corrected chi connectivity index (χ4v) is 3.53. The van der Waals surface area contributed by atoms with Gasteiger partial charge in [-0.2, -0.15) is 11.8 Å². The van der Waals surface area contributed by atoms with Crippen LogP contribution in [-0.2, 0) is 0 Å². The number of hydrogen-bond acceptors (Lipinski definition) is 3. The van der Waals surface area contributed by atoms with E-state index in [0.29, 0.717) is 5.54 Å². The highest BCUT2D eigenvalue weighted by molar-refractivity contribution is 8.00. The minimum Gasteiger partial charge on any atom is -0.329 e. The topological polar surface area (TPSA) is 29.3 Å². The summed E-state index contributed by atoms with van der Waals surface area (Å²) in [7, 11) is 0. The van der Waals surface area contributed by atoms with Crippen LogP contribution in [0, 0.1) is 5.92 Å². The van der Waals surface area contributed by atoms with Gasteiger partial charge in [-0.3, -0.25) is 4.90 Å². The van der Waals surface area contributed by atoms with Crippen LogP contribution in [0.15, 0.2) is 0 Å². The normalized spacial score (nSPS) is 30.0. The van der Waals surface area contributed by atoms with Gasteiger partial charge in [0.2, 0.25) is 0 Å². The van der Waals surface area contributed by atoms with Crippen molar-refractivity contribution in [1.29, 1.82) is 0 Å². The molecule has 2 fully saturated rings. The van der Waals surface area contributed by atoms with Crippen LogP contribution >= 0.6 is 11.8 Å². The van der Waals surface area contributed by atoms with E-state index < -0.39 is 0 Å². The fraction of sp³-hybridized carbons (Fsp3) is 1.00. The lowest BCUT2D eigenvalue weighted by Gasteiger charge is -2.51. The van der Waals surface area contributed by atoms with Crippen molar-refractivity contribution < 1.29 is 0 Å². The average molecular weight is 200 g/mol. The van der Waals surface area contributed by atoms with Crippen molar-refractivity contribution in [1.82, 2.24) is 4.90 Å². The van der Waals surface area contributed by atoms with E-state index >= 15 is 0 Å². The Morgan fingerprint density at radius 1 is 1.38 bits per heavy atom. The van der Waals surface area contributed by atoms with Crippen LogP contribution in [0.1, 0.15) is 19.8 Å². The van der Waals surface area contributed by atoms with Gasteiger partial charge < -0.3 is 5.73 Å². The molecule has 0 radical (unpaired) electrons. The Balaban J connectivity index is 1.92. The maximum absolute atomic E-state index is 5.88. The van der Waals surface area contributed by atoms with Gasteiger partial charge in [0.15, 0.2) is 0 Å². The minimum atomic E-state index is 0.394. The first kappa shape index (κ1) is 9.81. The molecule has 0 aromatic rings. The van der Waals surface area contributed by atoms with Crippen molar-refractivity contribution in [2.45, 2.75) is 25.3 Å². The third kappa shape index (κ3) is 1.74. The summed E-state index contributed by atoms with van der Waals surface area (Å²) in [5.41, 5.74) is 6.27. The Hall–Kier alpha value is 0.270. The molecule has 2 rings (SSSR count). The number of likely N-dealkylation sites (tertiary alicyclic amines) is 1. The monoisotopic (exact) mass is 200 g/mol. The summed E-state index contributed by atoms with van der Waals surface area (Å²) in [5, 5.41) is 0. The van der Waals surface area contributed by atoms with Gasteiger partial charge in [0.1, 0.15) is 0 Å². The summed E-state index contributed by atoms with van der Waals surface area (Å²) < 4.78 is 0. The van der Waals surface area contributed by atoms with E-state index in [1.807, 2.05) is 11.8 Å². The fourth-order valence-electron chi connectivity index (χ4n) is 2.25. The van der Waals surface area contributed by atoms with E-state index in [1.165, 1.54) is 37.4 Å². The Morgan fingerprint density at radius 3 is 2.38 bits per heavy atom. The lowest BCUT2D eigenvalue weighted by molar-refractivity contribution is 0.0832. The maximum atomic E-state index is 5.88. The lowest BCUT2D eigenvalue weighted by atomic mass is 9.93. The van der Waals surface area contributed by atoms with Crippen LogP contribution in [0.3, 0.4) is 0 Å². The van der Waals surface area contributed by atoms with E-state index in [-0.39, 0.29) is 0 Å². The van der Waals surface area contributed by atoms with Crippen LogP contribution < -0.4 is 5.73 Å². The Bertz CT molecular complexity index is 166. The third-order valence-corrected chi connectivity index (χ3v) is 5.06. The molecule has 2 aliphatic heterocycles. The van der Waals surface area contributed by atoms with Gasteiger partial charge in [-0.25, -0.2) is 0 Å². The van der Waals surface area contributed by atoms with Crippen molar-refractivity contribution in [2.24, 2.45) is 11.7 Å². The van der Waals surface area contributed by atoms with Crippen LogP contribution in [0.2, 0.25) is 0 Å². The van der Waals surface area contributed by atoms with Crippen LogP contribution in [0.4, 0.5) is 0 Å². The molecule has 0 bridgehead atoms. The number of thioether (sulfide) groups is 1. The highest BCUT2D eigenvalue weighted by atomic mass is 32.2. The Kier molecular flexibility index (Phi) is 2.86. The molecular weight excluding hydrogens is 180 g/mol. The molecule has 0 unspecified atom stereocenters. The molecule has 2 nitrogen and oxygen atoms in total. The summed E-state index contributed by atoms with van der Waals surface area (Å²) in [4.78, 5) is 2.64. The first-order valence-corrected chi connectivity index (χ1v) is 6.45. The molecule has 0 aromatic carbocycles. The number of piperidine rings is 1. The van der Waals surface area contributed by atoms with Gasteiger partial charge >= 0.3 is 0 Å². The van der Waals surface area contributed by atoms with Gasteiger partial charge in [-0.05, 0) is 31.8 Å². The molecule has 0 amide bonds. The third-order valence-electron chi connectivity index (χ3n) is 3.58. The Morgan fingerprint density at radius 2 is 2.00 bits per heavy atom. The molecule has 3 heteroatoms. The first-order valence-electron chi connectivity index (χ1n) is 5.30. The SMILES string of the molecule is CC1CCN(C2(CN)CSC2)CC1. The zero-order valence-corrected chi connectivity index (χ0v) is 9.28. The van der Waals surface area contributed by atoms with E-state index in [0.717, 1.165) is 12.5 Å². The molecule has 0 atom stereocenters. The molecular formula is C10H20N2S. The van der Waals surface area contributed by atoms with Crippen molar-refractivity contribution in [2.75, 3.05) is 31.1 Å². The standard InChI is InChI=1S/C10H20N2S/c1-9-2-4-12(5-3-9)10(6-11)7-13-8-10/h9H,2-8,11H2,1H3. The van der Waals surface area contributed by atoms with E-state index in [1.54, 1.807) is 0 Å². The number of nitrogens with zero attached hydrogens (tertiary/aromatic N) is 1. The van der Waals surface area contributed by atoms with Gasteiger partial charge in [-0.15, -0.1) is 0 Å². The van der Waals surface area contributed by atoms with Crippen LogP contribution in [-0.4, -0.2) is 41.6 Å². The minimum absolute atomic E-state index is 0.394. The first-order chi connectivity index (χ1) is 6.27. The molecule has 0 saturated carbocycles. The molecule has 2 heterocycles. The van der Waals surface area contributed by atoms with Crippen molar-refractivity contribution >= 4 is 11.8 Å². The molecule has 0 aliphatic carbocycles. The zero-order valence-electron chi connectivity index (χ0n) is 8.46. The van der Waals surface area contributed by atoms with Gasteiger partial charge in [0, 0.05) is 18.1 Å². The van der Waals surface area contributed by atoms with Crippen LogP contribution in [0.5, 0.6) is 0 Å². The van der Waals surface area contributed by atoms with Crippen molar-refractivity contribution in [3.8, 4) is 0 Å². The van der Waals surface area contributed by atoms with Gasteiger partial charge in [0.25, 0.3) is 0 Å². The second-order valence-corrected chi connectivity index (χ2v) is 5.58. The van der Waals surface area contributed by atoms with E-state index in [9.17, 15) is 0 Å². The molecule has 2 saturated heterocycles. The van der Waals surface area contributed by atoms with E-state index in [4.69, 9.17) is 5.73 Å². The summed E-state index contributed by atoms with van der Waals surface area (Å²) >= 11 is 2.04. The maximum Gasteiger partial charge on any atom is 0.0511 e. The molecule has 2 aliphatic rings. The highest BCUT2D eigenvalue weighted by Gasteiger charge is 2.42.